The number of rotatable bonds is 11. The standard InChI is InChI=1S/C12H22N4O5/c13-12(14)15-7-3-4-8(11(20)21)16-9(17)5-1-2-6-10(18)19/h8H,1-7H2,(H,16,17)(H,18,19)(H,20,21)(H4,13,14,15). The van der Waals surface area contributed by atoms with Gasteiger partial charge in [-0.1, -0.05) is 0 Å². The SMILES string of the molecule is NC(N)=NCCCC(NC(=O)CCCCC(=O)O)C(=O)O. The predicted octanol–water partition coefficient (Wildman–Crippen LogP) is -0.746. The number of carbonyl (C=O) groups excluding carboxylic acids is 1. The molecule has 9 heteroatoms. The zero-order valence-corrected chi connectivity index (χ0v) is 11.7. The van der Waals surface area contributed by atoms with Crippen molar-refractivity contribution in [3.63, 3.8) is 0 Å². The molecule has 0 saturated heterocycles. The van der Waals surface area contributed by atoms with Crippen LogP contribution in [-0.2, 0) is 14.4 Å². The van der Waals surface area contributed by atoms with Gasteiger partial charge in [-0.2, -0.15) is 0 Å². The van der Waals surface area contributed by atoms with E-state index >= 15 is 0 Å². The molecule has 0 heterocycles. The van der Waals surface area contributed by atoms with Gasteiger partial charge in [0.25, 0.3) is 0 Å². The van der Waals surface area contributed by atoms with E-state index in [1.54, 1.807) is 0 Å². The van der Waals surface area contributed by atoms with Gasteiger partial charge in [0.05, 0.1) is 0 Å². The lowest BCUT2D eigenvalue weighted by atomic mass is 10.1. The van der Waals surface area contributed by atoms with Crippen LogP contribution in [0, 0.1) is 0 Å². The van der Waals surface area contributed by atoms with Crippen LogP contribution in [-0.4, -0.2) is 46.6 Å². The number of nitrogens with zero attached hydrogens (tertiary/aromatic N) is 1. The summed E-state index contributed by atoms with van der Waals surface area (Å²) >= 11 is 0. The summed E-state index contributed by atoms with van der Waals surface area (Å²) in [5, 5.41) is 19.8. The summed E-state index contributed by atoms with van der Waals surface area (Å²) in [5.41, 5.74) is 10.3. The van der Waals surface area contributed by atoms with Gasteiger partial charge in [-0.05, 0) is 25.7 Å². The molecule has 7 N–H and O–H groups in total. The van der Waals surface area contributed by atoms with Crippen molar-refractivity contribution in [2.75, 3.05) is 6.54 Å². The Balaban J connectivity index is 4.01. The maximum absolute atomic E-state index is 11.6. The Morgan fingerprint density at radius 2 is 1.67 bits per heavy atom. The number of aliphatic imine (C=N–C) groups is 1. The first-order chi connectivity index (χ1) is 9.82. The van der Waals surface area contributed by atoms with Gasteiger partial charge in [0.15, 0.2) is 5.96 Å². The maximum Gasteiger partial charge on any atom is 0.326 e. The van der Waals surface area contributed by atoms with Crippen LogP contribution in [0.3, 0.4) is 0 Å². The van der Waals surface area contributed by atoms with Crippen LogP contribution in [0.5, 0.6) is 0 Å². The minimum Gasteiger partial charge on any atom is -0.481 e. The Morgan fingerprint density at radius 1 is 1.05 bits per heavy atom. The third-order valence-corrected chi connectivity index (χ3v) is 2.62. The summed E-state index contributed by atoms with van der Waals surface area (Å²) in [5.74, 6) is -2.52. The molecule has 1 amide bonds. The lowest BCUT2D eigenvalue weighted by Gasteiger charge is -2.13. The molecule has 0 aliphatic heterocycles. The Kier molecular flexibility index (Phi) is 9.31. The van der Waals surface area contributed by atoms with Crippen LogP contribution >= 0.6 is 0 Å². The number of carboxylic acids is 2. The molecule has 0 aromatic carbocycles. The molecule has 0 aromatic heterocycles. The van der Waals surface area contributed by atoms with E-state index in [9.17, 15) is 14.4 Å². The molecule has 1 unspecified atom stereocenters. The summed E-state index contributed by atoms with van der Waals surface area (Å²) in [6.07, 6.45) is 1.52. The molecule has 0 saturated carbocycles. The van der Waals surface area contributed by atoms with Gasteiger partial charge >= 0.3 is 11.9 Å². The van der Waals surface area contributed by atoms with Crippen molar-refractivity contribution in [1.29, 1.82) is 0 Å². The van der Waals surface area contributed by atoms with Crippen molar-refractivity contribution in [2.45, 2.75) is 44.6 Å². The fourth-order valence-corrected chi connectivity index (χ4v) is 1.59. The molecule has 21 heavy (non-hydrogen) atoms. The first-order valence-electron chi connectivity index (χ1n) is 6.62. The first-order valence-corrected chi connectivity index (χ1v) is 6.62. The van der Waals surface area contributed by atoms with Crippen molar-refractivity contribution in [2.24, 2.45) is 16.5 Å². The highest BCUT2D eigenvalue weighted by molar-refractivity contribution is 5.83. The molecule has 120 valence electrons. The number of aliphatic carboxylic acids is 2. The average molecular weight is 302 g/mol. The predicted molar refractivity (Wildman–Crippen MR) is 75.6 cm³/mol. The number of guanidine groups is 1. The van der Waals surface area contributed by atoms with Gasteiger partial charge in [0.1, 0.15) is 6.04 Å². The molecular weight excluding hydrogens is 280 g/mol. The van der Waals surface area contributed by atoms with Crippen LogP contribution in [0.25, 0.3) is 0 Å². The van der Waals surface area contributed by atoms with Gasteiger partial charge in [-0.15, -0.1) is 0 Å². The number of carboxylic acid groups (broad SMARTS) is 2. The molecule has 9 nitrogen and oxygen atoms in total. The number of hydrogen-bond donors (Lipinski definition) is 5. The molecule has 0 aliphatic rings. The number of carbonyl (C=O) groups is 3. The minimum atomic E-state index is -1.13. The van der Waals surface area contributed by atoms with E-state index in [4.69, 9.17) is 21.7 Å². The monoisotopic (exact) mass is 302 g/mol. The topological polar surface area (TPSA) is 168 Å². The van der Waals surface area contributed by atoms with E-state index in [2.05, 4.69) is 10.3 Å². The van der Waals surface area contributed by atoms with Gasteiger partial charge < -0.3 is 27.0 Å². The van der Waals surface area contributed by atoms with E-state index in [0.29, 0.717) is 25.8 Å². The molecular formula is C12H22N4O5. The highest BCUT2D eigenvalue weighted by atomic mass is 16.4. The Labute approximate surface area is 122 Å². The summed E-state index contributed by atoms with van der Waals surface area (Å²) in [6, 6.07) is -0.994. The highest BCUT2D eigenvalue weighted by Crippen LogP contribution is 2.03. The molecule has 1 atom stereocenters. The largest absolute Gasteiger partial charge is 0.481 e. The fourth-order valence-electron chi connectivity index (χ4n) is 1.59. The number of amides is 1. The quantitative estimate of drug-likeness (QED) is 0.190. The molecule has 0 fully saturated rings. The number of hydrogen-bond acceptors (Lipinski definition) is 4. The number of nitrogens with one attached hydrogen (secondary N) is 1. The summed E-state index contributed by atoms with van der Waals surface area (Å²) < 4.78 is 0. The molecule has 0 bridgehead atoms. The van der Waals surface area contributed by atoms with E-state index in [1.165, 1.54) is 0 Å². The summed E-state index contributed by atoms with van der Waals surface area (Å²) in [4.78, 5) is 36.6. The van der Waals surface area contributed by atoms with Crippen LogP contribution in [0.15, 0.2) is 4.99 Å². The number of unbranched alkanes of at least 4 members (excludes halogenated alkanes) is 1. The zero-order chi connectivity index (χ0) is 16.3. The van der Waals surface area contributed by atoms with E-state index in [0.717, 1.165) is 0 Å². The molecule has 0 aliphatic carbocycles. The lowest BCUT2D eigenvalue weighted by Crippen LogP contribution is -2.40. The normalized spacial score (nSPS) is 11.4. The van der Waals surface area contributed by atoms with Gasteiger partial charge in [0.2, 0.25) is 5.91 Å². The second-order valence-corrected chi connectivity index (χ2v) is 4.51. The minimum absolute atomic E-state index is 0.00580. The van der Waals surface area contributed by atoms with Crippen LogP contribution in [0.2, 0.25) is 0 Å². The fraction of sp³-hybridized carbons (Fsp3) is 0.667. The van der Waals surface area contributed by atoms with Gasteiger partial charge in [-0.3, -0.25) is 14.6 Å². The highest BCUT2D eigenvalue weighted by Gasteiger charge is 2.19. The van der Waals surface area contributed by atoms with Crippen LogP contribution < -0.4 is 16.8 Å². The lowest BCUT2D eigenvalue weighted by molar-refractivity contribution is -0.142. The van der Waals surface area contributed by atoms with Crippen molar-refractivity contribution < 1.29 is 24.6 Å². The average Bonchev–Trinajstić information content (AvgIpc) is 2.37. The second kappa shape index (κ2) is 10.5. The Bertz CT molecular complexity index is 393. The van der Waals surface area contributed by atoms with Gasteiger partial charge in [0, 0.05) is 19.4 Å². The third kappa shape index (κ3) is 11.2. The van der Waals surface area contributed by atoms with Crippen molar-refractivity contribution in [3.05, 3.63) is 0 Å². The third-order valence-electron chi connectivity index (χ3n) is 2.62. The smallest absolute Gasteiger partial charge is 0.326 e. The van der Waals surface area contributed by atoms with Crippen molar-refractivity contribution >= 4 is 23.8 Å². The Morgan fingerprint density at radius 3 is 2.19 bits per heavy atom. The van der Waals surface area contributed by atoms with E-state index in [-0.39, 0.29) is 25.2 Å². The molecule has 0 rings (SSSR count). The van der Waals surface area contributed by atoms with Crippen LogP contribution in [0.1, 0.15) is 38.5 Å². The van der Waals surface area contributed by atoms with Crippen molar-refractivity contribution in [3.8, 4) is 0 Å². The zero-order valence-electron chi connectivity index (χ0n) is 11.7. The Hall–Kier alpha value is -2.32. The van der Waals surface area contributed by atoms with Crippen molar-refractivity contribution in [1.82, 2.24) is 5.32 Å². The molecule has 0 radical (unpaired) electrons. The van der Waals surface area contributed by atoms with E-state index in [1.807, 2.05) is 0 Å². The van der Waals surface area contributed by atoms with E-state index < -0.39 is 23.9 Å². The number of nitrogens with two attached hydrogens (primary N) is 2. The summed E-state index contributed by atoms with van der Waals surface area (Å²) in [7, 11) is 0. The molecule has 0 aromatic rings. The first kappa shape index (κ1) is 18.7. The second-order valence-electron chi connectivity index (χ2n) is 4.51. The maximum atomic E-state index is 11.6. The van der Waals surface area contributed by atoms with Gasteiger partial charge in [-0.25, -0.2) is 4.79 Å². The van der Waals surface area contributed by atoms with Crippen LogP contribution in [0.4, 0.5) is 0 Å². The summed E-state index contributed by atoms with van der Waals surface area (Å²) in [6.45, 7) is 0.292. The molecule has 0 spiro atoms.